The van der Waals surface area contributed by atoms with E-state index in [2.05, 4.69) is 10.5 Å². The Labute approximate surface area is 47.7 Å². The largest absolute Gasteiger partial charge is 0.225 e. The third kappa shape index (κ3) is 1.78. The lowest BCUT2D eigenvalue weighted by atomic mass is 10.4. The molecule has 0 aliphatic carbocycles. The molecule has 7 heavy (non-hydrogen) atoms. The Bertz CT molecular complexity index is 84.3. The van der Waals surface area contributed by atoms with Crippen LogP contribution in [0.3, 0.4) is 0 Å². The van der Waals surface area contributed by atoms with E-state index in [1.807, 2.05) is 12.3 Å². The fourth-order valence-corrected chi connectivity index (χ4v) is 0.912. The van der Waals surface area contributed by atoms with Crippen molar-refractivity contribution in [1.29, 1.82) is 0 Å². The molecular formula is C5H7NS. The number of hydrogen-bond donors (Lipinski definition) is 0. The highest BCUT2D eigenvalue weighted by Gasteiger charge is 1.82. The predicted octanol–water partition coefficient (Wildman–Crippen LogP) is 1.67. The molecule has 0 saturated carbocycles. The second-order valence-electron chi connectivity index (χ2n) is 1.30. The maximum absolute atomic E-state index is 3.98. The third-order valence-corrected chi connectivity index (χ3v) is 1.42. The number of hydrogen-bond acceptors (Lipinski definition) is 2. The van der Waals surface area contributed by atoms with Gasteiger partial charge in [0.25, 0.3) is 0 Å². The van der Waals surface area contributed by atoms with Crippen LogP contribution in [0.1, 0.15) is 6.42 Å². The van der Waals surface area contributed by atoms with Crippen LogP contribution >= 0.6 is 11.9 Å². The molecule has 0 radical (unpaired) electrons. The molecule has 1 aliphatic rings. The molecule has 1 nitrogen and oxygen atoms in total. The maximum Gasteiger partial charge on any atom is 0.0348 e. The van der Waals surface area contributed by atoms with Gasteiger partial charge in [-0.3, -0.25) is 0 Å². The van der Waals surface area contributed by atoms with E-state index in [1.165, 1.54) is 0 Å². The van der Waals surface area contributed by atoms with Crippen molar-refractivity contribution in [3.8, 4) is 0 Å². The zero-order valence-electron chi connectivity index (χ0n) is 4.00. The Hall–Kier alpha value is -0.240. The SMILES string of the molecule is C1=CCCSN=C1. The van der Waals surface area contributed by atoms with Gasteiger partial charge in [0.15, 0.2) is 0 Å². The van der Waals surface area contributed by atoms with Gasteiger partial charge in [-0.05, 0) is 24.4 Å². The van der Waals surface area contributed by atoms with Crippen LogP contribution in [0.25, 0.3) is 0 Å². The van der Waals surface area contributed by atoms with Crippen molar-refractivity contribution in [2.24, 2.45) is 4.40 Å². The molecule has 1 rings (SSSR count). The molecular weight excluding hydrogens is 106 g/mol. The van der Waals surface area contributed by atoms with Gasteiger partial charge >= 0.3 is 0 Å². The van der Waals surface area contributed by atoms with Crippen molar-refractivity contribution in [3.63, 3.8) is 0 Å². The van der Waals surface area contributed by atoms with Gasteiger partial charge in [0, 0.05) is 12.0 Å². The minimum absolute atomic E-state index is 1.13. The molecule has 0 aromatic heterocycles. The highest BCUT2D eigenvalue weighted by molar-refractivity contribution is 7.98. The summed E-state index contributed by atoms with van der Waals surface area (Å²) in [7, 11) is 0. The van der Waals surface area contributed by atoms with Crippen molar-refractivity contribution in [2.45, 2.75) is 6.42 Å². The molecule has 0 bridgehead atoms. The van der Waals surface area contributed by atoms with Gasteiger partial charge in [-0.2, -0.15) is 0 Å². The molecule has 0 saturated heterocycles. The smallest absolute Gasteiger partial charge is 0.0348 e. The Kier molecular flexibility index (Phi) is 2.00. The van der Waals surface area contributed by atoms with Gasteiger partial charge in [-0.25, -0.2) is 4.40 Å². The monoisotopic (exact) mass is 113 g/mol. The summed E-state index contributed by atoms with van der Waals surface area (Å²) in [5, 5.41) is 0. The molecule has 0 spiro atoms. The average Bonchev–Trinajstić information content (AvgIpc) is 1.90. The molecule has 0 fully saturated rings. The summed E-state index contributed by atoms with van der Waals surface area (Å²) in [6.45, 7) is 0. The lowest BCUT2D eigenvalue weighted by molar-refractivity contribution is 1.25. The average molecular weight is 113 g/mol. The van der Waals surface area contributed by atoms with Crippen LogP contribution in [-0.4, -0.2) is 12.0 Å². The summed E-state index contributed by atoms with van der Waals surface area (Å²) in [5.74, 6) is 1.13. The van der Waals surface area contributed by atoms with Gasteiger partial charge in [0.2, 0.25) is 0 Å². The van der Waals surface area contributed by atoms with Crippen LogP contribution < -0.4 is 0 Å². The van der Waals surface area contributed by atoms with Gasteiger partial charge in [0.05, 0.1) is 0 Å². The minimum Gasteiger partial charge on any atom is -0.225 e. The molecule has 0 unspecified atom stereocenters. The molecule has 0 aromatic rings. The highest BCUT2D eigenvalue weighted by atomic mass is 32.2. The summed E-state index contributed by atoms with van der Waals surface area (Å²) >= 11 is 1.62. The van der Waals surface area contributed by atoms with Crippen molar-refractivity contribution in [3.05, 3.63) is 12.2 Å². The van der Waals surface area contributed by atoms with E-state index in [0.29, 0.717) is 0 Å². The van der Waals surface area contributed by atoms with E-state index < -0.39 is 0 Å². The fourth-order valence-electron chi connectivity index (χ4n) is 0.409. The first-order valence-electron chi connectivity index (χ1n) is 2.30. The number of rotatable bonds is 0. The molecule has 2 heteroatoms. The maximum atomic E-state index is 3.98. The van der Waals surface area contributed by atoms with E-state index in [-0.39, 0.29) is 0 Å². The summed E-state index contributed by atoms with van der Waals surface area (Å²) in [5.41, 5.74) is 0. The zero-order valence-corrected chi connectivity index (χ0v) is 4.82. The first-order chi connectivity index (χ1) is 3.50. The number of nitrogens with zero attached hydrogens (tertiary/aromatic N) is 1. The predicted molar refractivity (Wildman–Crippen MR) is 34.7 cm³/mol. The Morgan fingerprint density at radius 1 is 1.57 bits per heavy atom. The van der Waals surface area contributed by atoms with Crippen molar-refractivity contribution >= 4 is 18.2 Å². The second kappa shape index (κ2) is 2.86. The first-order valence-corrected chi connectivity index (χ1v) is 3.25. The third-order valence-electron chi connectivity index (χ3n) is 0.733. The Morgan fingerprint density at radius 2 is 2.57 bits per heavy atom. The Balaban J connectivity index is 2.39. The molecule has 0 amide bonds. The second-order valence-corrected chi connectivity index (χ2v) is 2.18. The van der Waals surface area contributed by atoms with Gasteiger partial charge in [-0.15, -0.1) is 0 Å². The van der Waals surface area contributed by atoms with Crippen LogP contribution in [0.4, 0.5) is 0 Å². The summed E-state index contributed by atoms with van der Waals surface area (Å²) in [6.07, 6.45) is 7.10. The van der Waals surface area contributed by atoms with E-state index in [1.54, 1.807) is 11.9 Å². The zero-order chi connectivity index (χ0) is 4.95. The lowest BCUT2D eigenvalue weighted by Gasteiger charge is -1.80. The summed E-state index contributed by atoms with van der Waals surface area (Å²) < 4.78 is 3.98. The fraction of sp³-hybridized carbons (Fsp3) is 0.400. The van der Waals surface area contributed by atoms with Crippen LogP contribution in [0.2, 0.25) is 0 Å². The van der Waals surface area contributed by atoms with E-state index in [4.69, 9.17) is 0 Å². The van der Waals surface area contributed by atoms with Crippen LogP contribution in [-0.2, 0) is 0 Å². The summed E-state index contributed by atoms with van der Waals surface area (Å²) in [6, 6.07) is 0. The molecule has 0 aromatic carbocycles. The standard InChI is InChI=1S/C5H7NS/c1-2-4-6-7-5-3-1/h1-2,4H,3,5H2. The molecule has 1 heterocycles. The van der Waals surface area contributed by atoms with Gasteiger partial charge < -0.3 is 0 Å². The van der Waals surface area contributed by atoms with Crippen LogP contribution in [0.5, 0.6) is 0 Å². The topological polar surface area (TPSA) is 12.4 Å². The van der Waals surface area contributed by atoms with Crippen LogP contribution in [0.15, 0.2) is 16.5 Å². The van der Waals surface area contributed by atoms with Crippen molar-refractivity contribution in [1.82, 2.24) is 0 Å². The van der Waals surface area contributed by atoms with Gasteiger partial charge in [-0.1, -0.05) is 6.08 Å². The molecule has 0 atom stereocenters. The van der Waals surface area contributed by atoms with E-state index in [9.17, 15) is 0 Å². The molecule has 1 aliphatic heterocycles. The van der Waals surface area contributed by atoms with Crippen molar-refractivity contribution in [2.75, 3.05) is 5.75 Å². The summed E-state index contributed by atoms with van der Waals surface area (Å²) in [4.78, 5) is 0. The number of allylic oxidation sites excluding steroid dienone is 2. The molecule has 38 valence electrons. The molecule has 0 N–H and O–H groups in total. The first kappa shape index (κ1) is 4.91. The van der Waals surface area contributed by atoms with Gasteiger partial charge in [0.1, 0.15) is 0 Å². The minimum atomic E-state index is 1.13. The highest BCUT2D eigenvalue weighted by Crippen LogP contribution is 2.05. The van der Waals surface area contributed by atoms with Crippen molar-refractivity contribution < 1.29 is 0 Å². The Morgan fingerprint density at radius 3 is 3.57 bits per heavy atom. The lowest BCUT2D eigenvalue weighted by Crippen LogP contribution is -1.65. The van der Waals surface area contributed by atoms with E-state index >= 15 is 0 Å². The van der Waals surface area contributed by atoms with E-state index in [0.717, 1.165) is 12.2 Å². The quantitative estimate of drug-likeness (QED) is 0.435. The normalized spacial score (nSPS) is 19.4. The van der Waals surface area contributed by atoms with Crippen LogP contribution in [0, 0.1) is 0 Å².